The Kier molecular flexibility index (Phi) is 4.42. The average molecular weight is 308 g/mol. The zero-order valence-corrected chi connectivity index (χ0v) is 14.3. The molecule has 1 aromatic heterocycles. The number of nitrogens with zero attached hydrogens (tertiary/aromatic N) is 1. The van der Waals surface area contributed by atoms with Crippen molar-refractivity contribution in [2.45, 2.75) is 53.6 Å². The number of carbonyl (C=O) groups is 2. The van der Waals surface area contributed by atoms with E-state index < -0.39 is 6.04 Å². The zero-order valence-electron chi connectivity index (χ0n) is 13.4. The first kappa shape index (κ1) is 16.0. The van der Waals surface area contributed by atoms with Crippen molar-refractivity contribution in [1.29, 1.82) is 0 Å². The highest BCUT2D eigenvalue weighted by molar-refractivity contribution is 7.12. The van der Waals surface area contributed by atoms with Gasteiger partial charge in [0.1, 0.15) is 6.04 Å². The second-order valence-corrected chi connectivity index (χ2v) is 8.17. The Morgan fingerprint density at radius 3 is 2.52 bits per heavy atom. The predicted octanol–water partition coefficient (Wildman–Crippen LogP) is 2.63. The van der Waals surface area contributed by atoms with Crippen LogP contribution >= 0.6 is 11.3 Å². The lowest BCUT2D eigenvalue weighted by molar-refractivity contribution is -0.136. The molecule has 1 fully saturated rings. The molecule has 21 heavy (non-hydrogen) atoms. The normalized spacial score (nSPS) is 20.4. The number of rotatable bonds is 2. The van der Waals surface area contributed by atoms with Crippen LogP contribution in [0, 0.1) is 19.3 Å². The fourth-order valence-electron chi connectivity index (χ4n) is 2.48. The van der Waals surface area contributed by atoms with E-state index >= 15 is 0 Å². The minimum Gasteiger partial charge on any atom is -0.344 e. The molecule has 1 atom stereocenters. The molecule has 1 N–H and O–H groups in total. The van der Waals surface area contributed by atoms with Crippen molar-refractivity contribution < 1.29 is 9.59 Å². The number of aryl methyl sites for hydroxylation is 2. The van der Waals surface area contributed by atoms with E-state index in [1.165, 1.54) is 15.3 Å². The van der Waals surface area contributed by atoms with E-state index in [4.69, 9.17) is 0 Å². The number of thiophene rings is 1. The standard InChI is InChI=1S/C16H24N2O2S/c1-10-8-12(21-11(10)2)9-18-7-6-13(19)17-14(15(18)20)16(3,4)5/h8,14H,6-7,9H2,1-5H3,(H,17,19). The van der Waals surface area contributed by atoms with Gasteiger partial charge in [-0.1, -0.05) is 20.8 Å². The summed E-state index contributed by atoms with van der Waals surface area (Å²) in [6.07, 6.45) is 0.377. The fraction of sp³-hybridized carbons (Fsp3) is 0.625. The van der Waals surface area contributed by atoms with Crippen LogP contribution in [0.2, 0.25) is 0 Å². The van der Waals surface area contributed by atoms with E-state index in [0.29, 0.717) is 19.5 Å². The quantitative estimate of drug-likeness (QED) is 0.913. The number of carbonyl (C=O) groups excluding carboxylic acids is 2. The highest BCUT2D eigenvalue weighted by Crippen LogP contribution is 2.26. The Morgan fingerprint density at radius 1 is 1.33 bits per heavy atom. The molecule has 1 aliphatic rings. The SMILES string of the molecule is Cc1cc(CN2CCC(=O)NC(C(C)(C)C)C2=O)sc1C. The van der Waals surface area contributed by atoms with E-state index in [2.05, 4.69) is 25.2 Å². The van der Waals surface area contributed by atoms with Gasteiger partial charge >= 0.3 is 0 Å². The summed E-state index contributed by atoms with van der Waals surface area (Å²) < 4.78 is 0. The van der Waals surface area contributed by atoms with Gasteiger partial charge in [-0.2, -0.15) is 0 Å². The smallest absolute Gasteiger partial charge is 0.246 e. The maximum Gasteiger partial charge on any atom is 0.246 e. The van der Waals surface area contributed by atoms with Crippen LogP contribution in [0.1, 0.15) is 42.5 Å². The topological polar surface area (TPSA) is 49.4 Å². The second-order valence-electron chi connectivity index (χ2n) is 6.83. The number of hydrogen-bond donors (Lipinski definition) is 1. The van der Waals surface area contributed by atoms with E-state index in [-0.39, 0.29) is 17.2 Å². The van der Waals surface area contributed by atoms with Crippen LogP contribution in [-0.2, 0) is 16.1 Å². The minimum absolute atomic E-state index is 0.0251. The molecule has 0 saturated carbocycles. The van der Waals surface area contributed by atoms with Gasteiger partial charge < -0.3 is 10.2 Å². The first-order valence-corrected chi connectivity index (χ1v) is 8.14. The Labute approximate surface area is 130 Å². The molecule has 4 nitrogen and oxygen atoms in total. The van der Waals surface area contributed by atoms with Crippen molar-refractivity contribution in [1.82, 2.24) is 10.2 Å². The van der Waals surface area contributed by atoms with Gasteiger partial charge in [-0.15, -0.1) is 11.3 Å². The van der Waals surface area contributed by atoms with Gasteiger partial charge in [-0.3, -0.25) is 9.59 Å². The third-order valence-corrected chi connectivity index (χ3v) is 5.04. The Hall–Kier alpha value is -1.36. The van der Waals surface area contributed by atoms with Crippen LogP contribution in [0.3, 0.4) is 0 Å². The maximum absolute atomic E-state index is 12.7. The van der Waals surface area contributed by atoms with Gasteiger partial charge in [-0.05, 0) is 30.9 Å². The fourth-order valence-corrected chi connectivity index (χ4v) is 3.55. The van der Waals surface area contributed by atoms with Gasteiger partial charge in [0.15, 0.2) is 0 Å². The first-order chi connectivity index (χ1) is 9.68. The molecule has 2 amide bonds. The van der Waals surface area contributed by atoms with E-state index in [9.17, 15) is 9.59 Å². The monoisotopic (exact) mass is 308 g/mol. The average Bonchev–Trinajstić information content (AvgIpc) is 2.60. The van der Waals surface area contributed by atoms with Crippen molar-refractivity contribution in [3.8, 4) is 0 Å². The van der Waals surface area contributed by atoms with Gasteiger partial charge in [0.25, 0.3) is 0 Å². The van der Waals surface area contributed by atoms with Crippen LogP contribution in [-0.4, -0.2) is 29.3 Å². The summed E-state index contributed by atoms with van der Waals surface area (Å²) in [4.78, 5) is 28.9. The van der Waals surface area contributed by atoms with Crippen LogP contribution in [0.25, 0.3) is 0 Å². The molecular formula is C16H24N2O2S. The minimum atomic E-state index is -0.449. The van der Waals surface area contributed by atoms with Crippen molar-refractivity contribution in [3.63, 3.8) is 0 Å². The zero-order chi connectivity index (χ0) is 15.8. The molecule has 0 spiro atoms. The molecule has 0 bridgehead atoms. The van der Waals surface area contributed by atoms with Crippen LogP contribution in [0.15, 0.2) is 6.07 Å². The molecule has 1 unspecified atom stereocenters. The third kappa shape index (κ3) is 3.64. The van der Waals surface area contributed by atoms with Crippen molar-refractivity contribution in [3.05, 3.63) is 21.4 Å². The molecule has 2 heterocycles. The number of nitrogens with one attached hydrogen (secondary N) is 1. The van der Waals surface area contributed by atoms with Gasteiger partial charge in [0.2, 0.25) is 11.8 Å². The largest absolute Gasteiger partial charge is 0.344 e. The van der Waals surface area contributed by atoms with Crippen LogP contribution in [0.5, 0.6) is 0 Å². The first-order valence-electron chi connectivity index (χ1n) is 7.32. The van der Waals surface area contributed by atoms with Crippen molar-refractivity contribution >= 4 is 23.2 Å². The molecule has 2 rings (SSSR count). The summed E-state index contributed by atoms with van der Waals surface area (Å²) >= 11 is 1.73. The lowest BCUT2D eigenvalue weighted by Crippen LogP contribution is -2.51. The molecule has 116 valence electrons. The van der Waals surface area contributed by atoms with Crippen molar-refractivity contribution in [2.75, 3.05) is 6.54 Å². The Bertz CT molecular complexity index is 538. The lowest BCUT2D eigenvalue weighted by Gasteiger charge is -2.32. The summed E-state index contributed by atoms with van der Waals surface area (Å²) in [5, 5.41) is 2.87. The molecule has 0 aromatic carbocycles. The summed E-state index contributed by atoms with van der Waals surface area (Å²) in [7, 11) is 0. The molecule has 1 aliphatic heterocycles. The van der Waals surface area contributed by atoms with Crippen LogP contribution < -0.4 is 5.32 Å². The van der Waals surface area contributed by atoms with Gasteiger partial charge in [0.05, 0.1) is 6.54 Å². The van der Waals surface area contributed by atoms with E-state index in [1.54, 1.807) is 11.3 Å². The summed E-state index contributed by atoms with van der Waals surface area (Å²) in [6, 6.07) is 1.69. The van der Waals surface area contributed by atoms with Gasteiger partial charge in [0, 0.05) is 22.7 Å². The Balaban J connectivity index is 2.21. The predicted molar refractivity (Wildman–Crippen MR) is 85.2 cm³/mol. The van der Waals surface area contributed by atoms with Crippen molar-refractivity contribution in [2.24, 2.45) is 5.41 Å². The molecule has 1 aromatic rings. The molecule has 0 radical (unpaired) electrons. The molecule has 5 heteroatoms. The second kappa shape index (κ2) is 5.79. The summed E-state index contributed by atoms with van der Waals surface area (Å²) in [6.45, 7) is 11.2. The molecule has 0 aliphatic carbocycles. The Morgan fingerprint density at radius 2 is 2.00 bits per heavy atom. The lowest BCUT2D eigenvalue weighted by atomic mass is 9.86. The molecular weight excluding hydrogens is 284 g/mol. The molecule has 1 saturated heterocycles. The maximum atomic E-state index is 12.7. The van der Waals surface area contributed by atoms with Gasteiger partial charge in [-0.25, -0.2) is 0 Å². The number of amides is 2. The van der Waals surface area contributed by atoms with E-state index in [1.807, 2.05) is 25.7 Å². The summed E-state index contributed by atoms with van der Waals surface area (Å²) in [5.41, 5.74) is 0.982. The highest BCUT2D eigenvalue weighted by atomic mass is 32.1. The summed E-state index contributed by atoms with van der Waals surface area (Å²) in [5.74, 6) is -0.0126. The van der Waals surface area contributed by atoms with E-state index in [0.717, 1.165) is 0 Å². The number of hydrogen-bond acceptors (Lipinski definition) is 3. The highest BCUT2D eigenvalue weighted by Gasteiger charge is 2.37. The third-order valence-electron chi connectivity index (χ3n) is 3.90. The van der Waals surface area contributed by atoms with Crippen LogP contribution in [0.4, 0.5) is 0 Å².